The minimum Gasteiger partial charge on any atom is -0.465 e. The molecule has 1 aromatic heterocycles. The van der Waals surface area contributed by atoms with E-state index in [4.69, 9.17) is 4.74 Å². The number of hydrogen-bond donors (Lipinski definition) is 1. The van der Waals surface area contributed by atoms with Crippen molar-refractivity contribution in [2.24, 2.45) is 0 Å². The first-order chi connectivity index (χ1) is 12.5. The number of carbonyl (C=O) groups is 2. The Morgan fingerprint density at radius 2 is 1.54 bits per heavy atom. The first-order valence-electron chi connectivity index (χ1n) is 7.52. The number of thiophene rings is 1. The van der Waals surface area contributed by atoms with Crippen molar-refractivity contribution in [3.8, 4) is 11.1 Å². The Bertz CT molecular complexity index is 950. The van der Waals surface area contributed by atoms with Crippen molar-refractivity contribution in [1.82, 2.24) is 0 Å². The molecule has 1 N–H and O–H groups in total. The molecule has 3 aromatic rings. The molecule has 0 radical (unpaired) electrons. The van der Waals surface area contributed by atoms with Gasteiger partial charge in [-0.3, -0.25) is 4.79 Å². The number of halogens is 2. The zero-order valence-electron chi connectivity index (χ0n) is 13.6. The number of benzene rings is 2. The summed E-state index contributed by atoms with van der Waals surface area (Å²) in [6, 6.07) is 10.7. The number of methoxy groups -OCH3 is 1. The molecule has 1 amide bonds. The summed E-state index contributed by atoms with van der Waals surface area (Å²) in [6.45, 7) is 0. The van der Waals surface area contributed by atoms with E-state index >= 15 is 0 Å². The van der Waals surface area contributed by atoms with E-state index in [1.54, 1.807) is 5.38 Å². The molecule has 0 aliphatic heterocycles. The van der Waals surface area contributed by atoms with Crippen molar-refractivity contribution in [3.63, 3.8) is 0 Å². The van der Waals surface area contributed by atoms with Gasteiger partial charge in [0.05, 0.1) is 7.11 Å². The zero-order chi connectivity index (χ0) is 18.7. The average molecular weight is 373 g/mol. The highest BCUT2D eigenvalue weighted by Crippen LogP contribution is 2.36. The number of ether oxygens (including phenoxy) is 1. The van der Waals surface area contributed by atoms with Gasteiger partial charge in [0.1, 0.15) is 22.2 Å². The molecule has 1 heterocycles. The normalized spacial score (nSPS) is 10.4. The lowest BCUT2D eigenvalue weighted by molar-refractivity contribution is 0.0603. The van der Waals surface area contributed by atoms with E-state index < -0.39 is 23.5 Å². The van der Waals surface area contributed by atoms with Crippen LogP contribution in [-0.2, 0) is 4.74 Å². The van der Waals surface area contributed by atoms with Crippen LogP contribution in [0.1, 0.15) is 20.7 Å². The molecule has 0 bridgehead atoms. The SMILES string of the molecule is COC(=O)c1c(-c2ccc(F)cc2)csc1NC(=O)c1ccc(F)cc1. The summed E-state index contributed by atoms with van der Waals surface area (Å²) >= 11 is 1.14. The van der Waals surface area contributed by atoms with Crippen LogP contribution in [0.25, 0.3) is 11.1 Å². The minimum atomic E-state index is -0.625. The van der Waals surface area contributed by atoms with Gasteiger partial charge >= 0.3 is 5.97 Å². The van der Waals surface area contributed by atoms with Gasteiger partial charge in [-0.15, -0.1) is 11.3 Å². The summed E-state index contributed by atoms with van der Waals surface area (Å²) in [5.74, 6) is -1.96. The van der Waals surface area contributed by atoms with E-state index in [1.165, 1.54) is 55.6 Å². The van der Waals surface area contributed by atoms with Crippen LogP contribution in [0, 0.1) is 11.6 Å². The van der Waals surface area contributed by atoms with Crippen molar-refractivity contribution in [1.29, 1.82) is 0 Å². The molecule has 3 rings (SSSR count). The highest BCUT2D eigenvalue weighted by atomic mass is 32.1. The molecule has 26 heavy (non-hydrogen) atoms. The van der Waals surface area contributed by atoms with Gasteiger partial charge < -0.3 is 10.1 Å². The van der Waals surface area contributed by atoms with E-state index in [2.05, 4.69) is 5.32 Å². The molecular formula is C19H13F2NO3S. The van der Waals surface area contributed by atoms with Gasteiger partial charge in [-0.05, 0) is 42.0 Å². The predicted molar refractivity (Wildman–Crippen MR) is 95.4 cm³/mol. The fraction of sp³-hybridized carbons (Fsp3) is 0.0526. The molecule has 0 saturated carbocycles. The van der Waals surface area contributed by atoms with Gasteiger partial charge in [0, 0.05) is 16.5 Å². The highest BCUT2D eigenvalue weighted by molar-refractivity contribution is 7.15. The Hall–Kier alpha value is -3.06. The molecule has 4 nitrogen and oxygen atoms in total. The van der Waals surface area contributed by atoms with Crippen molar-refractivity contribution in [2.75, 3.05) is 12.4 Å². The van der Waals surface area contributed by atoms with Crippen molar-refractivity contribution < 1.29 is 23.1 Å². The largest absolute Gasteiger partial charge is 0.465 e. The lowest BCUT2D eigenvalue weighted by Gasteiger charge is -2.08. The van der Waals surface area contributed by atoms with Gasteiger partial charge in [-0.25, -0.2) is 13.6 Å². The number of anilines is 1. The van der Waals surface area contributed by atoms with E-state index in [9.17, 15) is 18.4 Å². The lowest BCUT2D eigenvalue weighted by Crippen LogP contribution is -2.14. The molecule has 0 aliphatic rings. The quantitative estimate of drug-likeness (QED) is 0.673. The molecule has 0 fully saturated rings. The summed E-state index contributed by atoms with van der Waals surface area (Å²) in [5.41, 5.74) is 1.57. The second-order valence-electron chi connectivity index (χ2n) is 5.31. The van der Waals surface area contributed by atoms with Crippen LogP contribution >= 0.6 is 11.3 Å². The summed E-state index contributed by atoms with van der Waals surface area (Å²) < 4.78 is 31.0. The van der Waals surface area contributed by atoms with Crippen LogP contribution in [0.5, 0.6) is 0 Å². The van der Waals surface area contributed by atoms with E-state index in [0.717, 1.165) is 11.3 Å². The van der Waals surface area contributed by atoms with Crippen LogP contribution in [0.3, 0.4) is 0 Å². The first-order valence-corrected chi connectivity index (χ1v) is 8.40. The Morgan fingerprint density at radius 1 is 0.962 bits per heavy atom. The third kappa shape index (κ3) is 3.62. The van der Waals surface area contributed by atoms with E-state index in [1.807, 2.05) is 0 Å². The molecule has 7 heteroatoms. The number of hydrogen-bond acceptors (Lipinski definition) is 4. The third-order valence-electron chi connectivity index (χ3n) is 3.67. The first kappa shape index (κ1) is 17.8. The highest BCUT2D eigenvalue weighted by Gasteiger charge is 2.22. The molecule has 0 unspecified atom stereocenters. The van der Waals surface area contributed by atoms with Crippen LogP contribution in [-0.4, -0.2) is 19.0 Å². The average Bonchev–Trinajstić information content (AvgIpc) is 3.05. The topological polar surface area (TPSA) is 55.4 Å². The van der Waals surface area contributed by atoms with Crippen molar-refractivity contribution in [2.45, 2.75) is 0 Å². The third-order valence-corrected chi connectivity index (χ3v) is 4.56. The molecular weight excluding hydrogens is 360 g/mol. The smallest absolute Gasteiger partial charge is 0.341 e. The summed E-state index contributed by atoms with van der Waals surface area (Å²) in [7, 11) is 1.24. The monoisotopic (exact) mass is 373 g/mol. The zero-order valence-corrected chi connectivity index (χ0v) is 14.4. The van der Waals surface area contributed by atoms with Gasteiger partial charge in [0.25, 0.3) is 5.91 Å². The second kappa shape index (κ2) is 7.45. The maximum Gasteiger partial charge on any atom is 0.341 e. The molecule has 132 valence electrons. The summed E-state index contributed by atoms with van der Waals surface area (Å²) in [6.07, 6.45) is 0. The molecule has 0 aliphatic carbocycles. The maximum atomic E-state index is 13.1. The fourth-order valence-electron chi connectivity index (χ4n) is 2.37. The Labute approximate surface area is 152 Å². The summed E-state index contributed by atoms with van der Waals surface area (Å²) in [4.78, 5) is 24.6. The molecule has 0 saturated heterocycles. The minimum absolute atomic E-state index is 0.180. The maximum absolute atomic E-state index is 13.1. The number of nitrogens with one attached hydrogen (secondary N) is 1. The standard InChI is InChI=1S/C19H13F2NO3S/c1-25-19(24)16-15(11-2-6-13(20)7-3-11)10-26-18(16)22-17(23)12-4-8-14(21)9-5-12/h2-10H,1H3,(H,22,23). The Morgan fingerprint density at radius 3 is 2.12 bits per heavy atom. The van der Waals surface area contributed by atoms with Crippen LogP contribution in [0.4, 0.5) is 13.8 Å². The van der Waals surface area contributed by atoms with E-state index in [-0.39, 0.29) is 11.1 Å². The van der Waals surface area contributed by atoms with Crippen molar-refractivity contribution in [3.05, 3.63) is 76.7 Å². The predicted octanol–water partition coefficient (Wildman–Crippen LogP) is 4.73. The molecule has 2 aromatic carbocycles. The fourth-order valence-corrected chi connectivity index (χ4v) is 3.33. The van der Waals surface area contributed by atoms with Gasteiger partial charge in [-0.2, -0.15) is 0 Å². The van der Waals surface area contributed by atoms with Crippen molar-refractivity contribution >= 4 is 28.2 Å². The van der Waals surface area contributed by atoms with Gasteiger partial charge in [0.15, 0.2) is 0 Å². The Kier molecular flexibility index (Phi) is 5.09. The summed E-state index contributed by atoms with van der Waals surface area (Å²) in [5, 5.41) is 4.62. The van der Waals surface area contributed by atoms with E-state index in [0.29, 0.717) is 16.1 Å². The number of carbonyl (C=O) groups excluding carboxylic acids is 2. The lowest BCUT2D eigenvalue weighted by atomic mass is 10.0. The van der Waals surface area contributed by atoms with Gasteiger partial charge in [-0.1, -0.05) is 12.1 Å². The molecule has 0 atom stereocenters. The number of amides is 1. The Balaban J connectivity index is 1.96. The second-order valence-corrected chi connectivity index (χ2v) is 6.19. The van der Waals surface area contributed by atoms with Crippen LogP contribution in [0.15, 0.2) is 53.9 Å². The number of rotatable bonds is 4. The van der Waals surface area contributed by atoms with Gasteiger partial charge in [0.2, 0.25) is 0 Å². The van der Waals surface area contributed by atoms with Crippen LogP contribution in [0.2, 0.25) is 0 Å². The van der Waals surface area contributed by atoms with Crippen LogP contribution < -0.4 is 5.32 Å². The molecule has 0 spiro atoms. The number of esters is 1.